The summed E-state index contributed by atoms with van der Waals surface area (Å²) < 4.78 is 7.22. The highest BCUT2D eigenvalue weighted by Gasteiger charge is 2.18. The van der Waals surface area contributed by atoms with Crippen LogP contribution in [0.1, 0.15) is 5.56 Å². The van der Waals surface area contributed by atoms with Crippen LogP contribution in [0.5, 0.6) is 5.75 Å². The lowest BCUT2D eigenvalue weighted by Crippen LogP contribution is -2.14. The Morgan fingerprint density at radius 1 is 1.12 bits per heavy atom. The number of benzene rings is 3. The molecule has 4 aromatic rings. The highest BCUT2D eigenvalue weighted by molar-refractivity contribution is 7.99. The maximum atomic E-state index is 12.5. The van der Waals surface area contributed by atoms with E-state index in [2.05, 4.69) is 21.6 Å². The van der Waals surface area contributed by atoms with Gasteiger partial charge >= 0.3 is 0 Å². The quantitative estimate of drug-likeness (QED) is 0.369. The number of thioether (sulfide) groups is 1. The third kappa shape index (κ3) is 5.34. The summed E-state index contributed by atoms with van der Waals surface area (Å²) in [5.41, 5.74) is 2.68. The van der Waals surface area contributed by atoms with Gasteiger partial charge in [-0.15, -0.1) is 10.2 Å². The number of hydrogen-bond acceptors (Lipinski definition) is 6. The molecule has 164 valence electrons. The Morgan fingerprint density at radius 3 is 2.67 bits per heavy atom. The van der Waals surface area contributed by atoms with Crippen molar-refractivity contribution in [3.63, 3.8) is 0 Å². The Bertz CT molecular complexity index is 1330. The first-order valence-electron chi connectivity index (χ1n) is 9.86. The average molecular weight is 476 g/mol. The number of amides is 1. The number of methoxy groups -OCH3 is 1. The van der Waals surface area contributed by atoms with Crippen LogP contribution in [0.25, 0.3) is 17.1 Å². The molecule has 0 saturated heterocycles. The largest absolute Gasteiger partial charge is 0.497 e. The van der Waals surface area contributed by atoms with E-state index in [1.165, 1.54) is 11.8 Å². The van der Waals surface area contributed by atoms with E-state index in [0.717, 1.165) is 11.3 Å². The van der Waals surface area contributed by atoms with Gasteiger partial charge in [-0.2, -0.15) is 5.26 Å². The van der Waals surface area contributed by atoms with E-state index in [1.807, 2.05) is 41.0 Å². The molecule has 0 unspecified atom stereocenters. The lowest BCUT2D eigenvalue weighted by Gasteiger charge is -2.11. The van der Waals surface area contributed by atoms with Gasteiger partial charge in [-0.3, -0.25) is 9.36 Å². The number of nitrogens with zero attached hydrogens (tertiary/aromatic N) is 4. The van der Waals surface area contributed by atoms with Gasteiger partial charge in [-0.25, -0.2) is 0 Å². The molecule has 0 aliphatic rings. The first kappa shape index (κ1) is 22.4. The number of hydrogen-bond donors (Lipinski definition) is 1. The molecule has 1 N–H and O–H groups in total. The molecule has 0 radical (unpaired) electrons. The van der Waals surface area contributed by atoms with Crippen molar-refractivity contribution >= 4 is 35.0 Å². The predicted molar refractivity (Wildman–Crippen MR) is 129 cm³/mol. The van der Waals surface area contributed by atoms with Crippen molar-refractivity contribution in [2.24, 2.45) is 0 Å². The molecule has 1 amide bonds. The third-order valence-electron chi connectivity index (χ3n) is 4.65. The van der Waals surface area contributed by atoms with E-state index in [1.54, 1.807) is 43.5 Å². The van der Waals surface area contributed by atoms with E-state index >= 15 is 0 Å². The van der Waals surface area contributed by atoms with Crippen molar-refractivity contribution in [3.8, 4) is 28.9 Å². The van der Waals surface area contributed by atoms with Crippen molar-refractivity contribution in [1.82, 2.24) is 14.8 Å². The molecule has 0 saturated carbocycles. The maximum absolute atomic E-state index is 12.5. The summed E-state index contributed by atoms with van der Waals surface area (Å²) in [5.74, 6) is 1.21. The van der Waals surface area contributed by atoms with Gasteiger partial charge in [0, 0.05) is 22.0 Å². The highest BCUT2D eigenvalue weighted by Crippen LogP contribution is 2.30. The third-order valence-corrected chi connectivity index (χ3v) is 5.83. The number of nitrogens with one attached hydrogen (secondary N) is 1. The van der Waals surface area contributed by atoms with Crippen molar-refractivity contribution in [2.45, 2.75) is 5.16 Å². The molecule has 9 heteroatoms. The molecule has 1 aromatic heterocycles. The molecular weight excluding hydrogens is 458 g/mol. The number of carbonyl (C=O) groups is 1. The van der Waals surface area contributed by atoms with E-state index in [-0.39, 0.29) is 11.7 Å². The summed E-state index contributed by atoms with van der Waals surface area (Å²) in [7, 11) is 1.61. The van der Waals surface area contributed by atoms with Gasteiger partial charge in [0.15, 0.2) is 11.0 Å². The Labute approximate surface area is 200 Å². The molecule has 0 aliphatic heterocycles. The van der Waals surface area contributed by atoms with Gasteiger partial charge < -0.3 is 10.1 Å². The molecule has 7 nitrogen and oxygen atoms in total. The second-order valence-electron chi connectivity index (χ2n) is 6.88. The highest BCUT2D eigenvalue weighted by atomic mass is 35.5. The number of carbonyl (C=O) groups excluding carboxylic acids is 1. The van der Waals surface area contributed by atoms with E-state index in [4.69, 9.17) is 21.6 Å². The Kier molecular flexibility index (Phi) is 6.93. The molecule has 0 aliphatic carbocycles. The number of nitriles is 1. The number of rotatable bonds is 7. The summed E-state index contributed by atoms with van der Waals surface area (Å²) in [5, 5.41) is 21.7. The van der Waals surface area contributed by atoms with E-state index in [0.29, 0.717) is 33.0 Å². The molecule has 3 aromatic carbocycles. The SMILES string of the molecule is COc1cccc(-c2nnc(SCC(=O)Nc3cccc(C#N)c3)n2-c2ccc(Cl)cc2)c1. The Hall–Kier alpha value is -3.80. The van der Waals surface area contributed by atoms with Crippen LogP contribution < -0.4 is 10.1 Å². The van der Waals surface area contributed by atoms with Crippen molar-refractivity contribution in [2.75, 3.05) is 18.2 Å². The Morgan fingerprint density at radius 2 is 1.91 bits per heavy atom. The van der Waals surface area contributed by atoms with Crippen LogP contribution in [0.2, 0.25) is 5.02 Å². The second kappa shape index (κ2) is 10.2. The van der Waals surface area contributed by atoms with Gasteiger partial charge in [-0.1, -0.05) is 41.6 Å². The normalized spacial score (nSPS) is 10.5. The van der Waals surface area contributed by atoms with Gasteiger partial charge in [0.1, 0.15) is 5.75 Å². The minimum Gasteiger partial charge on any atom is -0.497 e. The van der Waals surface area contributed by atoms with Crippen molar-refractivity contribution in [1.29, 1.82) is 5.26 Å². The summed E-state index contributed by atoms with van der Waals surface area (Å²) >= 11 is 7.33. The van der Waals surface area contributed by atoms with Crippen LogP contribution in [0, 0.1) is 11.3 Å². The molecule has 0 atom stereocenters. The molecule has 1 heterocycles. The van der Waals surface area contributed by atoms with Gasteiger partial charge in [0.25, 0.3) is 0 Å². The Balaban J connectivity index is 1.61. The molecule has 0 bridgehead atoms. The van der Waals surface area contributed by atoms with Crippen LogP contribution in [-0.4, -0.2) is 33.5 Å². The molecule has 0 fully saturated rings. The number of aromatic nitrogens is 3. The first-order chi connectivity index (χ1) is 16.1. The zero-order valence-electron chi connectivity index (χ0n) is 17.5. The fourth-order valence-electron chi connectivity index (χ4n) is 3.13. The number of ether oxygens (including phenoxy) is 1. The molecule has 33 heavy (non-hydrogen) atoms. The fraction of sp³-hybridized carbons (Fsp3) is 0.0833. The monoisotopic (exact) mass is 475 g/mol. The summed E-state index contributed by atoms with van der Waals surface area (Å²) in [6.07, 6.45) is 0. The van der Waals surface area contributed by atoms with Crippen LogP contribution in [0.15, 0.2) is 78.0 Å². The minimum absolute atomic E-state index is 0.112. The predicted octanol–water partition coefficient (Wildman–Crippen LogP) is 5.20. The van der Waals surface area contributed by atoms with E-state index in [9.17, 15) is 4.79 Å². The molecule has 0 spiro atoms. The van der Waals surface area contributed by atoms with Crippen LogP contribution in [-0.2, 0) is 4.79 Å². The lowest BCUT2D eigenvalue weighted by molar-refractivity contribution is -0.113. The summed E-state index contributed by atoms with van der Waals surface area (Å²) in [6.45, 7) is 0. The minimum atomic E-state index is -0.219. The summed E-state index contributed by atoms with van der Waals surface area (Å²) in [4.78, 5) is 12.5. The molecule has 4 rings (SSSR count). The van der Waals surface area contributed by atoms with Crippen LogP contribution in [0.4, 0.5) is 5.69 Å². The smallest absolute Gasteiger partial charge is 0.234 e. The fourth-order valence-corrected chi connectivity index (χ4v) is 4.01. The topological polar surface area (TPSA) is 92.8 Å². The molecular formula is C24H18ClN5O2S. The van der Waals surface area contributed by atoms with Gasteiger partial charge in [0.2, 0.25) is 5.91 Å². The zero-order chi connectivity index (χ0) is 23.2. The average Bonchev–Trinajstić information content (AvgIpc) is 3.27. The van der Waals surface area contributed by atoms with E-state index < -0.39 is 0 Å². The number of anilines is 1. The lowest BCUT2D eigenvalue weighted by atomic mass is 10.2. The first-order valence-corrected chi connectivity index (χ1v) is 11.2. The zero-order valence-corrected chi connectivity index (χ0v) is 19.1. The standard InChI is InChI=1S/C24H18ClN5O2S/c1-32-21-7-3-5-17(13-21)23-28-29-24(30(23)20-10-8-18(25)9-11-20)33-15-22(31)27-19-6-2-4-16(12-19)14-26/h2-13H,15H2,1H3,(H,27,31). The van der Waals surface area contributed by atoms with Crippen molar-refractivity contribution < 1.29 is 9.53 Å². The van der Waals surface area contributed by atoms with Crippen LogP contribution >= 0.6 is 23.4 Å². The second-order valence-corrected chi connectivity index (χ2v) is 8.26. The maximum Gasteiger partial charge on any atom is 0.234 e. The summed E-state index contributed by atoms with van der Waals surface area (Å²) in [6, 6.07) is 23.7. The number of halogens is 1. The van der Waals surface area contributed by atoms with Gasteiger partial charge in [-0.05, 0) is 54.6 Å². The van der Waals surface area contributed by atoms with Crippen molar-refractivity contribution in [3.05, 3.63) is 83.4 Å². The van der Waals surface area contributed by atoms with Crippen LogP contribution in [0.3, 0.4) is 0 Å². The van der Waals surface area contributed by atoms with Gasteiger partial charge in [0.05, 0.1) is 24.5 Å².